The van der Waals surface area contributed by atoms with Crippen LogP contribution in [0.15, 0.2) is 71.2 Å². The first-order valence-corrected chi connectivity index (χ1v) is 18.4. The lowest BCUT2D eigenvalue weighted by molar-refractivity contribution is -0.127. The molecule has 11 heteroatoms. The number of thiophene rings is 1. The highest BCUT2D eigenvalue weighted by atomic mass is 79.9. The topological polar surface area (TPSA) is 101 Å². The average Bonchev–Trinajstić information content (AvgIpc) is 3.40. The second-order valence-electron chi connectivity index (χ2n) is 13.9. The Morgan fingerprint density at radius 3 is 2.39 bits per heavy atom. The van der Waals surface area contributed by atoms with Gasteiger partial charge in [-0.2, -0.15) is 0 Å². The molecule has 4 aromatic rings. The molecule has 9 nitrogen and oxygen atoms in total. The third-order valence-corrected chi connectivity index (χ3v) is 10.9. The predicted molar refractivity (Wildman–Crippen MR) is 197 cm³/mol. The number of aromatic hydroxyl groups is 1. The molecule has 0 bridgehead atoms. The molecule has 0 radical (unpaired) electrons. The van der Waals surface area contributed by atoms with Crippen LogP contribution < -0.4 is 14.8 Å². The smallest absolute Gasteiger partial charge is 0.234 e. The Kier molecular flexibility index (Phi) is 11.3. The highest BCUT2D eigenvalue weighted by molar-refractivity contribution is 9.10. The Morgan fingerprint density at radius 1 is 1.02 bits per heavy atom. The van der Waals surface area contributed by atoms with Crippen LogP contribution in [0.2, 0.25) is 0 Å². The van der Waals surface area contributed by atoms with E-state index < -0.39 is 6.04 Å². The molecule has 3 aromatic carbocycles. The van der Waals surface area contributed by atoms with Crippen molar-refractivity contribution < 1.29 is 28.9 Å². The lowest BCUT2D eigenvalue weighted by Gasteiger charge is -2.46. The summed E-state index contributed by atoms with van der Waals surface area (Å²) in [6.07, 6.45) is 3.09. The zero-order valence-electron chi connectivity index (χ0n) is 28.2. The van der Waals surface area contributed by atoms with Gasteiger partial charge in [-0.3, -0.25) is 14.6 Å². The third kappa shape index (κ3) is 9.01. The van der Waals surface area contributed by atoms with Crippen molar-refractivity contribution in [1.29, 1.82) is 0 Å². The van der Waals surface area contributed by atoms with E-state index in [1.165, 1.54) is 0 Å². The van der Waals surface area contributed by atoms with Crippen LogP contribution in [0.25, 0.3) is 20.5 Å². The second-order valence-corrected chi connectivity index (χ2v) is 15.8. The fraction of sp³-hybridized carbons (Fsp3) is 0.421. The number of nitrogens with one attached hydrogen (secondary N) is 1. The summed E-state index contributed by atoms with van der Waals surface area (Å²) in [4.78, 5) is 29.5. The zero-order chi connectivity index (χ0) is 34.5. The first kappa shape index (κ1) is 35.3. The van der Waals surface area contributed by atoms with Crippen LogP contribution >= 0.6 is 27.3 Å². The number of amides is 1. The van der Waals surface area contributed by atoms with E-state index >= 15 is 0 Å². The molecule has 0 aliphatic carbocycles. The van der Waals surface area contributed by atoms with Crippen LogP contribution in [-0.2, 0) is 14.3 Å². The van der Waals surface area contributed by atoms with E-state index in [2.05, 4.69) is 43.2 Å². The van der Waals surface area contributed by atoms with Gasteiger partial charge in [-0.25, -0.2) is 0 Å². The van der Waals surface area contributed by atoms with Crippen molar-refractivity contribution in [3.05, 3.63) is 71.2 Å². The maximum atomic E-state index is 12.5. The van der Waals surface area contributed by atoms with E-state index in [1.807, 2.05) is 63.2 Å². The van der Waals surface area contributed by atoms with Crippen LogP contribution in [0.1, 0.15) is 33.6 Å². The number of benzene rings is 3. The van der Waals surface area contributed by atoms with Gasteiger partial charge in [-0.1, -0.05) is 48.8 Å². The number of phenols is 1. The summed E-state index contributed by atoms with van der Waals surface area (Å²) in [5, 5.41) is 13.9. The first-order valence-electron chi connectivity index (χ1n) is 16.8. The minimum atomic E-state index is -0.477. The molecule has 260 valence electrons. The van der Waals surface area contributed by atoms with Crippen molar-refractivity contribution in [2.24, 2.45) is 5.41 Å². The van der Waals surface area contributed by atoms with Crippen molar-refractivity contribution in [1.82, 2.24) is 15.1 Å². The molecule has 0 spiro atoms. The van der Waals surface area contributed by atoms with Gasteiger partial charge in [0.2, 0.25) is 5.91 Å². The largest absolute Gasteiger partial charge is 0.508 e. The number of halogens is 1. The molecule has 1 unspecified atom stereocenters. The van der Waals surface area contributed by atoms with Crippen molar-refractivity contribution >= 4 is 49.5 Å². The maximum absolute atomic E-state index is 12.5. The molecule has 2 fully saturated rings. The molecular formula is C38H44BrN3O6S. The van der Waals surface area contributed by atoms with Gasteiger partial charge in [0.1, 0.15) is 30.1 Å². The van der Waals surface area contributed by atoms with Gasteiger partial charge in [-0.15, -0.1) is 11.3 Å². The number of carbonyl (C=O) groups is 2. The van der Waals surface area contributed by atoms with Crippen LogP contribution in [0.5, 0.6) is 23.0 Å². The maximum Gasteiger partial charge on any atom is 0.234 e. The number of phenolic OH excluding ortho intramolecular Hbond substituents is 1. The van der Waals surface area contributed by atoms with Gasteiger partial charge in [0.15, 0.2) is 5.75 Å². The number of piperidine rings is 1. The Hall–Kier alpha value is -3.48. The summed E-state index contributed by atoms with van der Waals surface area (Å²) in [7, 11) is 0. The van der Waals surface area contributed by atoms with E-state index in [9.17, 15) is 14.7 Å². The minimum Gasteiger partial charge on any atom is -0.508 e. The number of rotatable bonds is 13. The number of nitrogens with zero attached hydrogens (tertiary/aromatic N) is 2. The fourth-order valence-corrected chi connectivity index (χ4v) is 7.68. The predicted octanol–water partition coefficient (Wildman–Crippen LogP) is 7.10. The molecule has 2 N–H and O–H groups in total. The number of ether oxygens (including phenoxy) is 3. The SMILES string of the molecule is CC(C)(C)C(C=O)NC(=O)CN1CCC(N2CC(OCCOc3ccc(Oc4c(-c5ccc(Br)cc5)sc5cc(O)ccc45)cc3)C2)CC1. The molecule has 6 rings (SSSR count). The fourth-order valence-electron chi connectivity index (χ4n) is 6.24. The van der Waals surface area contributed by atoms with Crippen LogP contribution in [0, 0.1) is 5.41 Å². The van der Waals surface area contributed by atoms with E-state index in [-0.39, 0.29) is 23.2 Å². The van der Waals surface area contributed by atoms with Crippen LogP contribution in [0.3, 0.4) is 0 Å². The van der Waals surface area contributed by atoms with Gasteiger partial charge in [0.05, 0.1) is 30.2 Å². The summed E-state index contributed by atoms with van der Waals surface area (Å²) >= 11 is 5.10. The molecule has 0 saturated carbocycles. The van der Waals surface area contributed by atoms with Gasteiger partial charge < -0.3 is 29.4 Å². The van der Waals surface area contributed by atoms with E-state index in [0.29, 0.717) is 31.5 Å². The molecular weight excluding hydrogens is 706 g/mol. The molecule has 2 aliphatic rings. The van der Waals surface area contributed by atoms with Gasteiger partial charge in [-0.05, 0) is 78.4 Å². The van der Waals surface area contributed by atoms with Crippen molar-refractivity contribution in [2.45, 2.75) is 51.8 Å². The summed E-state index contributed by atoms with van der Waals surface area (Å²) in [5.74, 6) is 2.35. The van der Waals surface area contributed by atoms with Crippen molar-refractivity contribution in [3.8, 4) is 33.4 Å². The number of carbonyl (C=O) groups excluding carboxylic acids is 2. The number of aldehydes is 1. The Labute approximate surface area is 300 Å². The first-order chi connectivity index (χ1) is 23.6. The standard InChI is InChI=1S/C38H44BrN3O6S/c1-38(2,3)34(24-43)40-35(45)23-41-16-14-27(15-17-41)42-21-31(22-42)47-19-18-46-29-9-11-30(12-10-29)48-36-32-13-8-28(44)20-33(32)49-37(36)25-4-6-26(39)7-5-25/h4-13,20,24,27,31,34,44H,14-19,21-23H2,1-3H3,(H,40,45). The minimum absolute atomic E-state index is 0.0878. The highest BCUT2D eigenvalue weighted by Gasteiger charge is 2.35. The second kappa shape index (κ2) is 15.6. The molecule has 2 saturated heterocycles. The highest BCUT2D eigenvalue weighted by Crippen LogP contribution is 2.47. The molecule has 2 aliphatic heterocycles. The van der Waals surface area contributed by atoms with E-state index in [0.717, 1.165) is 81.8 Å². The summed E-state index contributed by atoms with van der Waals surface area (Å²) in [5.41, 5.74) is 0.747. The van der Waals surface area contributed by atoms with E-state index in [4.69, 9.17) is 14.2 Å². The molecule has 49 heavy (non-hydrogen) atoms. The quantitative estimate of drug-likeness (QED) is 0.110. The number of likely N-dealkylation sites (tertiary alicyclic amines) is 2. The summed E-state index contributed by atoms with van der Waals surface area (Å²) in [6.45, 7) is 10.8. The average molecular weight is 751 g/mol. The Balaban J connectivity index is 0.909. The van der Waals surface area contributed by atoms with Crippen molar-refractivity contribution in [3.63, 3.8) is 0 Å². The van der Waals surface area contributed by atoms with E-state index in [1.54, 1.807) is 23.5 Å². The number of hydrogen-bond donors (Lipinski definition) is 2. The molecule has 3 heterocycles. The molecule has 1 atom stereocenters. The Bertz CT molecular complexity index is 1730. The Morgan fingerprint density at radius 2 is 1.71 bits per heavy atom. The van der Waals surface area contributed by atoms with Crippen molar-refractivity contribution in [2.75, 3.05) is 45.9 Å². The lowest BCUT2D eigenvalue weighted by atomic mass is 9.87. The van der Waals surface area contributed by atoms with Crippen LogP contribution in [-0.4, -0.2) is 91.2 Å². The zero-order valence-corrected chi connectivity index (χ0v) is 30.6. The number of hydrogen-bond acceptors (Lipinski definition) is 9. The summed E-state index contributed by atoms with van der Waals surface area (Å²) < 4.78 is 20.4. The van der Waals surface area contributed by atoms with Gasteiger partial charge in [0, 0.05) is 46.8 Å². The monoisotopic (exact) mass is 749 g/mol. The lowest BCUT2D eigenvalue weighted by Crippen LogP contribution is -2.59. The molecule has 1 amide bonds. The number of fused-ring (bicyclic) bond motifs is 1. The third-order valence-electron chi connectivity index (χ3n) is 9.19. The van der Waals surface area contributed by atoms with Crippen LogP contribution in [0.4, 0.5) is 0 Å². The summed E-state index contributed by atoms with van der Waals surface area (Å²) in [6, 6.07) is 21.1. The normalized spacial score (nSPS) is 17.1. The van der Waals surface area contributed by atoms with Gasteiger partial charge in [0.25, 0.3) is 0 Å². The van der Waals surface area contributed by atoms with Gasteiger partial charge >= 0.3 is 0 Å². The molecule has 1 aromatic heterocycles.